The standard InChI is InChI=1S/C13H30N2O.2BrH/c1-14(2,3)10-11-16-12-13-8-6-7-9-15(13,4)5;;/h13H,6-12H2,1-5H3;2*1H/q+2;;/p-2. The average Bonchev–Trinajstić information content (AvgIpc) is 2.12. The highest BCUT2D eigenvalue weighted by molar-refractivity contribution is 4.63. The van der Waals surface area contributed by atoms with Crippen LogP contribution in [0, 0.1) is 0 Å². The van der Waals surface area contributed by atoms with Crippen molar-refractivity contribution < 1.29 is 47.7 Å². The van der Waals surface area contributed by atoms with Crippen LogP contribution in [0.3, 0.4) is 0 Å². The van der Waals surface area contributed by atoms with E-state index in [0.717, 1.165) is 28.7 Å². The first-order valence-electron chi connectivity index (χ1n) is 6.52. The predicted molar refractivity (Wildman–Crippen MR) is 68.3 cm³/mol. The first kappa shape index (κ1) is 21.1. The van der Waals surface area contributed by atoms with Crippen LogP contribution in [0.1, 0.15) is 19.3 Å². The zero-order valence-corrected chi connectivity index (χ0v) is 15.8. The van der Waals surface area contributed by atoms with Crippen molar-refractivity contribution >= 4 is 0 Å². The fourth-order valence-electron chi connectivity index (χ4n) is 2.27. The van der Waals surface area contributed by atoms with Crippen LogP contribution in [0.5, 0.6) is 0 Å². The molecule has 1 heterocycles. The molecule has 1 atom stereocenters. The minimum Gasteiger partial charge on any atom is -1.00 e. The Kier molecular flexibility index (Phi) is 10.5. The van der Waals surface area contributed by atoms with Crippen molar-refractivity contribution in [2.45, 2.75) is 25.3 Å². The molecule has 112 valence electrons. The summed E-state index contributed by atoms with van der Waals surface area (Å²) in [7, 11) is 11.3. The normalized spacial score (nSPS) is 22.8. The maximum atomic E-state index is 5.85. The summed E-state index contributed by atoms with van der Waals surface area (Å²) in [5.41, 5.74) is 0. The lowest BCUT2D eigenvalue weighted by atomic mass is 10.0. The Balaban J connectivity index is 0. The Morgan fingerprint density at radius 1 is 1.11 bits per heavy atom. The molecule has 0 aromatic carbocycles. The molecule has 3 nitrogen and oxygen atoms in total. The molecule has 1 rings (SSSR count). The molecule has 1 fully saturated rings. The van der Waals surface area contributed by atoms with Crippen LogP contribution < -0.4 is 34.0 Å². The van der Waals surface area contributed by atoms with Gasteiger partial charge in [-0.15, -0.1) is 0 Å². The summed E-state index contributed by atoms with van der Waals surface area (Å²) >= 11 is 0. The maximum absolute atomic E-state index is 5.85. The molecule has 1 saturated heterocycles. The van der Waals surface area contributed by atoms with E-state index >= 15 is 0 Å². The number of likely N-dealkylation sites (N-methyl/N-ethyl adjacent to an activating group) is 2. The third-order valence-electron chi connectivity index (χ3n) is 3.73. The molecule has 0 saturated carbocycles. The molecule has 18 heavy (non-hydrogen) atoms. The van der Waals surface area contributed by atoms with Crippen molar-refractivity contribution in [2.75, 3.05) is 61.5 Å². The van der Waals surface area contributed by atoms with Gasteiger partial charge in [0.2, 0.25) is 0 Å². The molecule has 0 amide bonds. The quantitative estimate of drug-likeness (QED) is 0.339. The molecule has 5 heteroatoms. The van der Waals surface area contributed by atoms with E-state index in [1.807, 2.05) is 0 Å². The molecular weight excluding hydrogens is 360 g/mol. The first-order chi connectivity index (χ1) is 7.31. The topological polar surface area (TPSA) is 9.23 Å². The van der Waals surface area contributed by atoms with Crippen LogP contribution in [-0.4, -0.2) is 76.5 Å². The van der Waals surface area contributed by atoms with Gasteiger partial charge in [-0.2, -0.15) is 0 Å². The smallest absolute Gasteiger partial charge is 0.112 e. The third-order valence-corrected chi connectivity index (χ3v) is 3.73. The van der Waals surface area contributed by atoms with Crippen molar-refractivity contribution in [3.8, 4) is 0 Å². The highest BCUT2D eigenvalue weighted by Gasteiger charge is 2.31. The molecule has 0 aromatic rings. The van der Waals surface area contributed by atoms with Gasteiger partial charge in [0, 0.05) is 6.42 Å². The van der Waals surface area contributed by atoms with Crippen LogP contribution in [0.25, 0.3) is 0 Å². The van der Waals surface area contributed by atoms with Gasteiger partial charge in [0.1, 0.15) is 12.6 Å². The summed E-state index contributed by atoms with van der Waals surface area (Å²) in [6.45, 7) is 4.23. The maximum Gasteiger partial charge on any atom is 0.112 e. The summed E-state index contributed by atoms with van der Waals surface area (Å²) in [5, 5.41) is 0. The Labute approximate surface area is 134 Å². The Hall–Kier alpha value is 0.840. The van der Waals surface area contributed by atoms with E-state index < -0.39 is 0 Å². The second-order valence-corrected chi connectivity index (χ2v) is 6.74. The third kappa shape index (κ3) is 8.10. The van der Waals surface area contributed by atoms with Gasteiger partial charge in [-0.1, -0.05) is 0 Å². The van der Waals surface area contributed by atoms with Gasteiger partial charge in [0.25, 0.3) is 0 Å². The van der Waals surface area contributed by atoms with Crippen LogP contribution >= 0.6 is 0 Å². The summed E-state index contributed by atoms with van der Waals surface area (Å²) in [4.78, 5) is 0. The summed E-state index contributed by atoms with van der Waals surface area (Å²) < 4.78 is 7.99. The van der Waals surface area contributed by atoms with Gasteiger partial charge < -0.3 is 47.7 Å². The number of ether oxygens (including phenoxy) is 1. The van der Waals surface area contributed by atoms with Crippen LogP contribution in [-0.2, 0) is 4.74 Å². The van der Waals surface area contributed by atoms with Crippen molar-refractivity contribution in [1.29, 1.82) is 0 Å². The molecular formula is C13H30Br2N2O. The fourth-order valence-corrected chi connectivity index (χ4v) is 2.27. The zero-order valence-electron chi connectivity index (χ0n) is 12.6. The monoisotopic (exact) mass is 388 g/mol. The molecule has 1 unspecified atom stereocenters. The molecule has 0 aliphatic carbocycles. The van der Waals surface area contributed by atoms with Crippen molar-refractivity contribution in [3.63, 3.8) is 0 Å². The van der Waals surface area contributed by atoms with Crippen LogP contribution in [0.4, 0.5) is 0 Å². The highest BCUT2D eigenvalue weighted by atomic mass is 79.9. The molecule has 1 aliphatic rings. The van der Waals surface area contributed by atoms with Crippen LogP contribution in [0.15, 0.2) is 0 Å². The number of hydrogen-bond donors (Lipinski definition) is 0. The van der Waals surface area contributed by atoms with Gasteiger partial charge in [-0.3, -0.25) is 0 Å². The molecule has 0 bridgehead atoms. The van der Waals surface area contributed by atoms with Gasteiger partial charge >= 0.3 is 0 Å². The first-order valence-corrected chi connectivity index (χ1v) is 6.52. The Morgan fingerprint density at radius 2 is 1.72 bits per heavy atom. The minimum atomic E-state index is 0. The summed E-state index contributed by atoms with van der Waals surface area (Å²) in [5.74, 6) is 0. The average molecular weight is 390 g/mol. The second kappa shape index (κ2) is 8.90. The van der Waals surface area contributed by atoms with E-state index in [1.165, 1.54) is 25.8 Å². The van der Waals surface area contributed by atoms with E-state index in [1.54, 1.807) is 0 Å². The van der Waals surface area contributed by atoms with Crippen LogP contribution in [0.2, 0.25) is 0 Å². The van der Waals surface area contributed by atoms with E-state index in [0.29, 0.717) is 6.04 Å². The van der Waals surface area contributed by atoms with Gasteiger partial charge in [0.05, 0.1) is 55.0 Å². The molecule has 0 radical (unpaired) electrons. The number of quaternary nitrogens is 2. The van der Waals surface area contributed by atoms with Crippen molar-refractivity contribution in [3.05, 3.63) is 0 Å². The molecule has 0 aromatic heterocycles. The largest absolute Gasteiger partial charge is 1.00 e. The summed E-state index contributed by atoms with van der Waals surface area (Å²) in [6.07, 6.45) is 4.09. The number of halogens is 2. The number of nitrogens with zero attached hydrogens (tertiary/aromatic N) is 2. The van der Waals surface area contributed by atoms with Gasteiger partial charge in [-0.25, -0.2) is 0 Å². The molecule has 0 N–H and O–H groups in total. The number of rotatable bonds is 5. The molecule has 1 aliphatic heterocycles. The fraction of sp³-hybridized carbons (Fsp3) is 1.00. The minimum absolute atomic E-state index is 0. The van der Waals surface area contributed by atoms with E-state index in [2.05, 4.69) is 35.2 Å². The van der Waals surface area contributed by atoms with E-state index in [9.17, 15) is 0 Å². The van der Waals surface area contributed by atoms with E-state index in [-0.39, 0.29) is 34.0 Å². The Bertz CT molecular complexity index is 218. The second-order valence-electron chi connectivity index (χ2n) is 6.74. The van der Waals surface area contributed by atoms with Crippen molar-refractivity contribution in [2.24, 2.45) is 0 Å². The predicted octanol–water partition coefficient (Wildman–Crippen LogP) is -4.65. The molecule has 0 spiro atoms. The number of piperidine rings is 1. The lowest BCUT2D eigenvalue weighted by molar-refractivity contribution is -0.920. The number of likely N-dealkylation sites (tertiary alicyclic amines) is 1. The van der Waals surface area contributed by atoms with Gasteiger partial charge in [-0.05, 0) is 12.8 Å². The highest BCUT2D eigenvalue weighted by Crippen LogP contribution is 2.21. The lowest BCUT2D eigenvalue weighted by Crippen LogP contribution is -3.00. The van der Waals surface area contributed by atoms with Crippen molar-refractivity contribution in [1.82, 2.24) is 0 Å². The SMILES string of the molecule is C[N+](C)(C)CCOCC1CCCC[N+]1(C)C.[Br-].[Br-]. The Morgan fingerprint density at radius 3 is 2.22 bits per heavy atom. The zero-order chi connectivity index (χ0) is 12.2. The number of hydrogen-bond acceptors (Lipinski definition) is 1. The van der Waals surface area contributed by atoms with Gasteiger partial charge in [0.15, 0.2) is 0 Å². The van der Waals surface area contributed by atoms with E-state index in [4.69, 9.17) is 4.74 Å². The summed E-state index contributed by atoms with van der Waals surface area (Å²) in [6, 6.07) is 0.709. The lowest BCUT2D eigenvalue weighted by Gasteiger charge is -2.41.